The van der Waals surface area contributed by atoms with Crippen molar-refractivity contribution >= 4 is 29.7 Å². The van der Waals surface area contributed by atoms with Crippen LogP contribution in [0.2, 0.25) is 5.02 Å². The molecule has 0 heterocycles. The molecule has 0 spiro atoms. The average Bonchev–Trinajstić information content (AvgIpc) is 2.60. The number of rotatable bonds is 6. The van der Waals surface area contributed by atoms with Crippen LogP contribution in [0.4, 0.5) is 0 Å². The van der Waals surface area contributed by atoms with Crippen LogP contribution >= 0.6 is 11.6 Å². The van der Waals surface area contributed by atoms with Gasteiger partial charge in [-0.3, -0.25) is 9.59 Å². The third-order valence-corrected chi connectivity index (χ3v) is 3.47. The van der Waals surface area contributed by atoms with Gasteiger partial charge < -0.3 is 9.47 Å². The van der Waals surface area contributed by atoms with Gasteiger partial charge in [0.2, 0.25) is 0 Å². The Bertz CT molecular complexity index is 788. The first-order valence-corrected chi connectivity index (χ1v) is 7.76. The van der Waals surface area contributed by atoms with Crippen LogP contribution in [-0.4, -0.2) is 25.2 Å². The molecule has 25 heavy (non-hydrogen) atoms. The van der Waals surface area contributed by atoms with Crippen molar-refractivity contribution in [1.29, 1.82) is 0 Å². The topological polar surface area (TPSA) is 77.0 Å². The molecule has 0 radical (unpaired) electrons. The maximum absolute atomic E-state index is 11.9. The van der Waals surface area contributed by atoms with Crippen molar-refractivity contribution in [2.75, 3.05) is 7.11 Å². The van der Waals surface area contributed by atoms with E-state index in [4.69, 9.17) is 21.1 Å². The summed E-state index contributed by atoms with van der Waals surface area (Å²) in [6.45, 7) is 1.43. The predicted molar refractivity (Wildman–Crippen MR) is 95.0 cm³/mol. The molecule has 0 saturated heterocycles. The summed E-state index contributed by atoms with van der Waals surface area (Å²) in [5.41, 5.74) is 4.31. The van der Waals surface area contributed by atoms with Gasteiger partial charge in [0, 0.05) is 23.1 Å². The summed E-state index contributed by atoms with van der Waals surface area (Å²) in [6.07, 6.45) is 1.49. The average molecular weight is 361 g/mol. The van der Waals surface area contributed by atoms with Crippen LogP contribution in [0.5, 0.6) is 5.75 Å². The molecule has 0 bridgehead atoms. The molecule has 0 aliphatic heterocycles. The number of carbonyl (C=O) groups excluding carboxylic acids is 2. The van der Waals surface area contributed by atoms with Gasteiger partial charge in [-0.1, -0.05) is 11.6 Å². The van der Waals surface area contributed by atoms with Crippen molar-refractivity contribution < 1.29 is 19.1 Å². The van der Waals surface area contributed by atoms with Crippen molar-refractivity contribution in [3.05, 3.63) is 64.2 Å². The zero-order valence-corrected chi connectivity index (χ0v) is 14.5. The number of hydrogen-bond donors (Lipinski definition) is 1. The van der Waals surface area contributed by atoms with Crippen LogP contribution in [0.15, 0.2) is 47.6 Å². The van der Waals surface area contributed by atoms with Gasteiger partial charge in [-0.2, -0.15) is 5.10 Å². The van der Waals surface area contributed by atoms with Crippen LogP contribution in [0.3, 0.4) is 0 Å². The number of halogens is 1. The van der Waals surface area contributed by atoms with E-state index in [9.17, 15) is 9.59 Å². The molecule has 2 aromatic rings. The minimum absolute atomic E-state index is 0.0946. The largest absolute Gasteiger partial charge is 0.496 e. The van der Waals surface area contributed by atoms with Gasteiger partial charge in [0.1, 0.15) is 12.4 Å². The number of methoxy groups -OCH3 is 1. The molecule has 1 N–H and O–H groups in total. The van der Waals surface area contributed by atoms with E-state index in [1.54, 1.807) is 42.5 Å². The zero-order valence-electron chi connectivity index (χ0n) is 13.8. The summed E-state index contributed by atoms with van der Waals surface area (Å²) in [4.78, 5) is 22.9. The lowest BCUT2D eigenvalue weighted by Gasteiger charge is -2.09. The summed E-state index contributed by atoms with van der Waals surface area (Å²) >= 11 is 5.78. The van der Waals surface area contributed by atoms with E-state index in [0.29, 0.717) is 21.9 Å². The molecule has 0 aliphatic carbocycles. The Morgan fingerprint density at radius 3 is 2.56 bits per heavy atom. The number of hydrogen-bond acceptors (Lipinski definition) is 5. The van der Waals surface area contributed by atoms with Gasteiger partial charge in [-0.25, -0.2) is 5.43 Å². The fourth-order valence-corrected chi connectivity index (χ4v) is 2.13. The number of amides is 1. The van der Waals surface area contributed by atoms with E-state index in [-0.39, 0.29) is 18.5 Å². The van der Waals surface area contributed by atoms with Gasteiger partial charge in [-0.15, -0.1) is 0 Å². The first-order chi connectivity index (χ1) is 12.0. The zero-order chi connectivity index (χ0) is 18.2. The SMILES string of the molecule is COc1ccc(/C=N\NC(=O)c2ccc(Cl)cc2)cc1COC(C)=O. The molecule has 6 nitrogen and oxygen atoms in total. The smallest absolute Gasteiger partial charge is 0.302 e. The molecule has 0 aliphatic rings. The van der Waals surface area contributed by atoms with E-state index in [2.05, 4.69) is 10.5 Å². The Balaban J connectivity index is 2.04. The van der Waals surface area contributed by atoms with Crippen LogP contribution in [0.1, 0.15) is 28.4 Å². The first kappa shape index (κ1) is 18.5. The highest BCUT2D eigenvalue weighted by Gasteiger charge is 2.06. The molecular formula is C18H17ClN2O4. The predicted octanol–water partition coefficient (Wildman–Crippen LogP) is 3.18. The van der Waals surface area contributed by atoms with Crippen molar-refractivity contribution in [1.82, 2.24) is 5.43 Å². The van der Waals surface area contributed by atoms with Crippen molar-refractivity contribution in [2.45, 2.75) is 13.5 Å². The Labute approximate surface area is 150 Å². The number of benzene rings is 2. The van der Waals surface area contributed by atoms with E-state index in [1.165, 1.54) is 20.2 Å². The number of carbonyl (C=O) groups is 2. The lowest BCUT2D eigenvalue weighted by atomic mass is 10.1. The summed E-state index contributed by atoms with van der Waals surface area (Å²) in [7, 11) is 1.53. The normalized spacial score (nSPS) is 10.5. The van der Waals surface area contributed by atoms with Crippen LogP contribution in [0, 0.1) is 0 Å². The minimum Gasteiger partial charge on any atom is -0.496 e. The fourth-order valence-electron chi connectivity index (χ4n) is 2.00. The van der Waals surface area contributed by atoms with Crippen LogP contribution in [-0.2, 0) is 16.1 Å². The number of nitrogens with zero attached hydrogens (tertiary/aromatic N) is 1. The van der Waals surface area contributed by atoms with E-state index in [1.807, 2.05) is 0 Å². The molecule has 0 saturated carbocycles. The molecular weight excluding hydrogens is 344 g/mol. The maximum Gasteiger partial charge on any atom is 0.302 e. The Kier molecular flexibility index (Phi) is 6.54. The maximum atomic E-state index is 11.9. The second kappa shape index (κ2) is 8.84. The van der Waals surface area contributed by atoms with Gasteiger partial charge in [-0.05, 0) is 48.0 Å². The van der Waals surface area contributed by atoms with Crippen molar-refractivity contribution in [2.24, 2.45) is 5.10 Å². The molecule has 0 atom stereocenters. The number of esters is 1. The number of ether oxygens (including phenoxy) is 2. The van der Waals surface area contributed by atoms with Crippen LogP contribution < -0.4 is 10.2 Å². The molecule has 7 heteroatoms. The molecule has 2 rings (SSSR count). The number of nitrogens with one attached hydrogen (secondary N) is 1. The third-order valence-electron chi connectivity index (χ3n) is 3.22. The standard InChI is InChI=1S/C18H17ClN2O4/c1-12(22)25-11-15-9-13(3-8-17(15)24-2)10-20-21-18(23)14-4-6-16(19)7-5-14/h3-10H,11H2,1-2H3,(H,21,23)/b20-10-. The van der Waals surface area contributed by atoms with Gasteiger partial charge in [0.25, 0.3) is 5.91 Å². The highest BCUT2D eigenvalue weighted by molar-refractivity contribution is 6.30. The Morgan fingerprint density at radius 2 is 1.92 bits per heavy atom. The fraction of sp³-hybridized carbons (Fsp3) is 0.167. The molecule has 1 amide bonds. The lowest BCUT2D eigenvalue weighted by molar-refractivity contribution is -0.142. The minimum atomic E-state index is -0.378. The monoisotopic (exact) mass is 360 g/mol. The highest BCUT2D eigenvalue weighted by atomic mass is 35.5. The van der Waals surface area contributed by atoms with E-state index >= 15 is 0 Å². The van der Waals surface area contributed by atoms with Gasteiger partial charge >= 0.3 is 5.97 Å². The Morgan fingerprint density at radius 1 is 1.20 bits per heavy atom. The second-order valence-corrected chi connectivity index (χ2v) is 5.49. The van der Waals surface area contributed by atoms with Crippen LogP contribution in [0.25, 0.3) is 0 Å². The summed E-state index contributed by atoms with van der Waals surface area (Å²) in [6, 6.07) is 11.8. The lowest BCUT2D eigenvalue weighted by Crippen LogP contribution is -2.17. The summed E-state index contributed by atoms with van der Waals surface area (Å²) in [5, 5.41) is 4.48. The summed E-state index contributed by atoms with van der Waals surface area (Å²) < 4.78 is 10.2. The molecule has 0 aromatic heterocycles. The third kappa shape index (κ3) is 5.61. The van der Waals surface area contributed by atoms with Crippen molar-refractivity contribution in [3.63, 3.8) is 0 Å². The van der Waals surface area contributed by atoms with Gasteiger partial charge in [0.05, 0.1) is 13.3 Å². The molecule has 0 unspecified atom stereocenters. The highest BCUT2D eigenvalue weighted by Crippen LogP contribution is 2.20. The summed E-state index contributed by atoms with van der Waals surface area (Å²) in [5.74, 6) is -0.124. The molecule has 130 valence electrons. The van der Waals surface area contributed by atoms with Crippen molar-refractivity contribution in [3.8, 4) is 5.75 Å². The quantitative estimate of drug-likeness (QED) is 0.487. The molecule has 0 fully saturated rings. The molecule has 2 aromatic carbocycles. The second-order valence-electron chi connectivity index (χ2n) is 5.06. The first-order valence-electron chi connectivity index (χ1n) is 7.39. The van der Waals surface area contributed by atoms with E-state index in [0.717, 1.165) is 5.56 Å². The van der Waals surface area contributed by atoms with Gasteiger partial charge in [0.15, 0.2) is 0 Å². The number of hydrazone groups is 1. The Hall–Kier alpha value is -2.86. The van der Waals surface area contributed by atoms with E-state index < -0.39 is 0 Å².